The van der Waals surface area contributed by atoms with Gasteiger partial charge in [-0.2, -0.15) is 4.31 Å². The minimum Gasteiger partial charge on any atom is -0.463 e. The lowest BCUT2D eigenvalue weighted by Gasteiger charge is -2.24. The summed E-state index contributed by atoms with van der Waals surface area (Å²) in [7, 11) is -1.70. The monoisotopic (exact) mass is 329 g/mol. The van der Waals surface area contributed by atoms with E-state index in [1.54, 1.807) is 6.07 Å². The fraction of sp³-hybridized carbons (Fsp3) is 0.643. The number of sulfonamides is 1. The summed E-state index contributed by atoms with van der Waals surface area (Å²) >= 11 is 0. The number of nitrogens with one attached hydrogen (secondary N) is 1. The van der Waals surface area contributed by atoms with Crippen LogP contribution in [0.1, 0.15) is 24.9 Å². The highest BCUT2D eigenvalue weighted by molar-refractivity contribution is 7.88. The summed E-state index contributed by atoms with van der Waals surface area (Å²) in [4.78, 5) is 13.6. The first-order valence-corrected chi connectivity index (χ1v) is 9.10. The third-order valence-electron chi connectivity index (χ3n) is 3.86. The second-order valence-corrected chi connectivity index (χ2v) is 7.85. The molecular formula is C14H23N3O4S. The van der Waals surface area contributed by atoms with Gasteiger partial charge in [-0.25, -0.2) is 8.42 Å². The number of furan rings is 1. The first-order valence-electron chi connectivity index (χ1n) is 7.25. The largest absolute Gasteiger partial charge is 0.463 e. The molecule has 1 aromatic heterocycles. The molecule has 7 nitrogen and oxygen atoms in total. The van der Waals surface area contributed by atoms with Crippen molar-refractivity contribution in [1.29, 1.82) is 0 Å². The zero-order valence-electron chi connectivity index (χ0n) is 13.2. The average molecular weight is 329 g/mol. The lowest BCUT2D eigenvalue weighted by molar-refractivity contribution is -0.120. The second-order valence-electron chi connectivity index (χ2n) is 5.76. The Morgan fingerprint density at radius 2 is 2.09 bits per heavy atom. The molecule has 0 bridgehead atoms. The van der Waals surface area contributed by atoms with Crippen LogP contribution in [0, 0.1) is 0 Å². The number of hydrogen-bond acceptors (Lipinski definition) is 5. The SMILES string of the molecule is C[C@H]1CNC(=O)CCN1Cc1ccc(CN(C)S(C)(=O)=O)o1. The maximum Gasteiger partial charge on any atom is 0.221 e. The molecule has 0 spiro atoms. The normalized spacial score (nSPS) is 20.9. The van der Waals surface area contributed by atoms with Gasteiger partial charge in [-0.05, 0) is 19.1 Å². The topological polar surface area (TPSA) is 82.9 Å². The Morgan fingerprint density at radius 3 is 2.77 bits per heavy atom. The van der Waals surface area contributed by atoms with Crippen LogP contribution in [0.5, 0.6) is 0 Å². The van der Waals surface area contributed by atoms with Gasteiger partial charge in [0.2, 0.25) is 15.9 Å². The molecule has 1 fully saturated rings. The fourth-order valence-corrected chi connectivity index (χ4v) is 2.67. The molecule has 0 aromatic carbocycles. The van der Waals surface area contributed by atoms with E-state index in [2.05, 4.69) is 17.1 Å². The van der Waals surface area contributed by atoms with E-state index in [1.165, 1.54) is 17.6 Å². The molecule has 1 N–H and O–H groups in total. The van der Waals surface area contributed by atoms with Crippen LogP contribution in [0.25, 0.3) is 0 Å². The summed E-state index contributed by atoms with van der Waals surface area (Å²) in [5.41, 5.74) is 0. The molecular weight excluding hydrogens is 306 g/mol. The van der Waals surface area contributed by atoms with E-state index in [0.29, 0.717) is 31.8 Å². The van der Waals surface area contributed by atoms with Crippen molar-refractivity contribution in [2.75, 3.05) is 26.4 Å². The molecule has 0 aliphatic carbocycles. The van der Waals surface area contributed by atoms with Crippen molar-refractivity contribution in [2.24, 2.45) is 0 Å². The zero-order valence-corrected chi connectivity index (χ0v) is 14.0. The van der Waals surface area contributed by atoms with Gasteiger partial charge in [0.05, 0.1) is 19.3 Å². The van der Waals surface area contributed by atoms with Crippen LogP contribution < -0.4 is 5.32 Å². The molecule has 124 valence electrons. The van der Waals surface area contributed by atoms with Gasteiger partial charge in [-0.1, -0.05) is 0 Å². The van der Waals surface area contributed by atoms with E-state index < -0.39 is 10.0 Å². The van der Waals surface area contributed by atoms with Crippen molar-refractivity contribution >= 4 is 15.9 Å². The van der Waals surface area contributed by atoms with Crippen LogP contribution in [0.4, 0.5) is 0 Å². The zero-order chi connectivity index (χ0) is 16.3. The third-order valence-corrected chi connectivity index (χ3v) is 5.13. The molecule has 8 heteroatoms. The standard InChI is InChI=1S/C14H23N3O4S/c1-11-8-15-14(18)6-7-17(11)10-13-5-4-12(21-13)9-16(2)22(3,19)20/h4-5,11H,6-10H2,1-3H3,(H,15,18)/t11-/m0/s1. The summed E-state index contributed by atoms with van der Waals surface area (Å²) in [6, 6.07) is 3.89. The average Bonchev–Trinajstić information content (AvgIpc) is 2.80. The van der Waals surface area contributed by atoms with Gasteiger partial charge in [0.15, 0.2) is 0 Å². The van der Waals surface area contributed by atoms with Gasteiger partial charge >= 0.3 is 0 Å². The fourth-order valence-electron chi connectivity index (χ4n) is 2.31. The van der Waals surface area contributed by atoms with Crippen LogP contribution >= 0.6 is 0 Å². The molecule has 0 radical (unpaired) electrons. The summed E-state index contributed by atoms with van der Waals surface area (Å²) in [5.74, 6) is 1.46. The molecule has 0 unspecified atom stereocenters. The Balaban J connectivity index is 1.98. The highest BCUT2D eigenvalue weighted by Gasteiger charge is 2.21. The van der Waals surface area contributed by atoms with Crippen molar-refractivity contribution < 1.29 is 17.6 Å². The van der Waals surface area contributed by atoms with Crippen LogP contribution in [-0.2, 0) is 27.9 Å². The maximum absolute atomic E-state index is 11.4. The number of rotatable bonds is 5. The van der Waals surface area contributed by atoms with Gasteiger partial charge in [0.25, 0.3) is 0 Å². The summed E-state index contributed by atoms with van der Waals surface area (Å²) in [5, 5.41) is 2.87. The van der Waals surface area contributed by atoms with Gasteiger partial charge < -0.3 is 9.73 Å². The Morgan fingerprint density at radius 1 is 1.41 bits per heavy atom. The van der Waals surface area contributed by atoms with Gasteiger partial charge in [-0.3, -0.25) is 9.69 Å². The van der Waals surface area contributed by atoms with Gasteiger partial charge in [0.1, 0.15) is 11.5 Å². The van der Waals surface area contributed by atoms with E-state index in [4.69, 9.17) is 4.42 Å². The number of hydrogen-bond donors (Lipinski definition) is 1. The maximum atomic E-state index is 11.4. The van der Waals surface area contributed by atoms with Crippen molar-refractivity contribution in [2.45, 2.75) is 32.5 Å². The van der Waals surface area contributed by atoms with E-state index in [0.717, 1.165) is 5.76 Å². The molecule has 2 heterocycles. The summed E-state index contributed by atoms with van der Waals surface area (Å²) < 4.78 is 29.8. The van der Waals surface area contributed by atoms with E-state index in [9.17, 15) is 13.2 Å². The van der Waals surface area contributed by atoms with Crippen molar-refractivity contribution in [3.63, 3.8) is 0 Å². The Hall–Kier alpha value is -1.38. The van der Waals surface area contributed by atoms with Crippen molar-refractivity contribution in [3.8, 4) is 0 Å². The Kier molecular flexibility index (Phi) is 5.25. The van der Waals surface area contributed by atoms with Crippen LogP contribution in [0.15, 0.2) is 16.5 Å². The molecule has 1 aliphatic heterocycles. The predicted octanol–water partition coefficient (Wildman–Crippen LogP) is 0.381. The number of nitrogens with zero attached hydrogens (tertiary/aromatic N) is 2. The van der Waals surface area contributed by atoms with Crippen molar-refractivity contribution in [1.82, 2.24) is 14.5 Å². The van der Waals surface area contributed by atoms with Crippen LogP contribution in [0.3, 0.4) is 0 Å². The van der Waals surface area contributed by atoms with Crippen LogP contribution in [0.2, 0.25) is 0 Å². The lowest BCUT2D eigenvalue weighted by Crippen LogP contribution is -2.37. The van der Waals surface area contributed by atoms with E-state index in [-0.39, 0.29) is 18.5 Å². The minimum atomic E-state index is -3.22. The summed E-state index contributed by atoms with van der Waals surface area (Å²) in [6.07, 6.45) is 1.65. The first kappa shape index (κ1) is 17.0. The smallest absolute Gasteiger partial charge is 0.221 e. The number of carbonyl (C=O) groups excluding carboxylic acids is 1. The highest BCUT2D eigenvalue weighted by Crippen LogP contribution is 2.16. The number of carbonyl (C=O) groups is 1. The molecule has 22 heavy (non-hydrogen) atoms. The molecule has 2 rings (SSSR count). The second kappa shape index (κ2) is 6.80. The quantitative estimate of drug-likeness (QED) is 0.844. The van der Waals surface area contributed by atoms with Gasteiger partial charge in [-0.15, -0.1) is 0 Å². The molecule has 0 saturated carbocycles. The highest BCUT2D eigenvalue weighted by atomic mass is 32.2. The lowest BCUT2D eigenvalue weighted by atomic mass is 10.2. The van der Waals surface area contributed by atoms with Crippen molar-refractivity contribution in [3.05, 3.63) is 23.7 Å². The Labute approximate surface area is 131 Å². The number of amides is 1. The molecule has 1 atom stereocenters. The third kappa shape index (κ3) is 4.56. The minimum absolute atomic E-state index is 0.0734. The Bertz CT molecular complexity index is 626. The van der Waals surface area contributed by atoms with Gasteiger partial charge in [0, 0.05) is 32.6 Å². The molecule has 1 aromatic rings. The summed E-state index contributed by atoms with van der Waals surface area (Å²) in [6.45, 7) is 4.20. The molecule has 1 saturated heterocycles. The molecule has 1 amide bonds. The van der Waals surface area contributed by atoms with E-state index >= 15 is 0 Å². The first-order chi connectivity index (χ1) is 10.3. The van der Waals surface area contributed by atoms with E-state index in [1.807, 2.05) is 6.07 Å². The predicted molar refractivity (Wildman–Crippen MR) is 82.5 cm³/mol. The molecule has 1 aliphatic rings. The van der Waals surface area contributed by atoms with Crippen LogP contribution in [-0.4, -0.2) is 56.0 Å².